The molecule has 27 heavy (non-hydrogen) atoms. The molecule has 1 aliphatic rings. The van der Waals surface area contributed by atoms with Gasteiger partial charge in [-0.2, -0.15) is 0 Å². The van der Waals surface area contributed by atoms with Crippen LogP contribution in [-0.4, -0.2) is 34.5 Å². The van der Waals surface area contributed by atoms with Crippen LogP contribution in [0.5, 0.6) is 11.5 Å². The van der Waals surface area contributed by atoms with E-state index in [0.717, 1.165) is 19.5 Å². The number of phenolic OH excluding ortho intramolecular Hbond substituents is 1. The first-order valence-corrected chi connectivity index (χ1v) is 9.44. The second-order valence-electron chi connectivity index (χ2n) is 6.93. The summed E-state index contributed by atoms with van der Waals surface area (Å²) < 4.78 is 24.7. The maximum Gasteiger partial charge on any atom is 0.170 e. The topological polar surface area (TPSA) is 58.7 Å². The molecule has 1 fully saturated rings. The van der Waals surface area contributed by atoms with Crippen LogP contribution in [0.1, 0.15) is 32.6 Å². The molecule has 0 saturated carbocycles. The Morgan fingerprint density at radius 2 is 2.00 bits per heavy atom. The zero-order valence-corrected chi connectivity index (χ0v) is 15.3. The highest BCUT2D eigenvalue weighted by molar-refractivity contribution is 5.93. The first kappa shape index (κ1) is 17.8. The number of nitrogens with zero attached hydrogens (tertiary/aromatic N) is 2. The zero-order chi connectivity index (χ0) is 18.8. The fourth-order valence-corrected chi connectivity index (χ4v) is 3.67. The Bertz CT molecular complexity index is 934. The van der Waals surface area contributed by atoms with Crippen molar-refractivity contribution in [3.05, 3.63) is 42.2 Å². The summed E-state index contributed by atoms with van der Waals surface area (Å²) in [7, 11) is 0. The van der Waals surface area contributed by atoms with E-state index in [2.05, 4.69) is 17.0 Å². The molecule has 4 rings (SSSR count). The van der Waals surface area contributed by atoms with Crippen molar-refractivity contribution in [3.8, 4) is 22.8 Å². The minimum atomic E-state index is -0.388. The molecule has 1 unspecified atom stereocenters. The third-order valence-electron chi connectivity index (χ3n) is 5.08. The van der Waals surface area contributed by atoms with Gasteiger partial charge in [-0.15, -0.1) is 0 Å². The maximum atomic E-state index is 13.3. The number of halogens is 1. The predicted octanol–water partition coefficient (Wildman–Crippen LogP) is 4.94. The summed E-state index contributed by atoms with van der Waals surface area (Å²) in [4.78, 5) is 2.36. The van der Waals surface area contributed by atoms with Gasteiger partial charge in [0, 0.05) is 30.8 Å². The Balaban J connectivity index is 1.58. The molecule has 6 heteroatoms. The SMILES string of the molecule is CCC(Oc1ccc(-c2noc3cc(F)ccc23)c(O)c1)N1CCCCC1. The molecule has 0 amide bonds. The molecule has 5 nitrogen and oxygen atoms in total. The highest BCUT2D eigenvalue weighted by atomic mass is 19.1. The summed E-state index contributed by atoms with van der Waals surface area (Å²) in [5.41, 5.74) is 1.36. The number of rotatable bonds is 5. The number of fused-ring (bicyclic) bond motifs is 1. The number of benzene rings is 2. The zero-order valence-electron chi connectivity index (χ0n) is 15.3. The van der Waals surface area contributed by atoms with Crippen molar-refractivity contribution < 1.29 is 18.8 Å². The standard InChI is InChI=1S/C21H23FN2O3/c1-2-20(24-10-4-3-5-11-24)26-15-7-9-16(18(25)13-15)21-17-8-6-14(22)12-19(17)27-23-21/h6-9,12-13,20,25H,2-5,10-11H2,1H3. The van der Waals surface area contributed by atoms with Crippen LogP contribution in [-0.2, 0) is 0 Å². The van der Waals surface area contributed by atoms with Crippen molar-refractivity contribution in [2.45, 2.75) is 38.8 Å². The van der Waals surface area contributed by atoms with Crippen molar-refractivity contribution in [2.75, 3.05) is 13.1 Å². The van der Waals surface area contributed by atoms with Crippen molar-refractivity contribution in [3.63, 3.8) is 0 Å². The normalized spacial score (nSPS) is 16.5. The van der Waals surface area contributed by atoms with E-state index in [0.29, 0.717) is 28.0 Å². The minimum Gasteiger partial charge on any atom is -0.507 e. The van der Waals surface area contributed by atoms with E-state index in [1.165, 1.54) is 31.4 Å². The molecule has 2 aromatic carbocycles. The number of hydrogen-bond donors (Lipinski definition) is 1. The third kappa shape index (κ3) is 3.62. The molecule has 1 N–H and O–H groups in total. The van der Waals surface area contributed by atoms with Crippen molar-refractivity contribution in [1.29, 1.82) is 0 Å². The van der Waals surface area contributed by atoms with Crippen LogP contribution in [0.2, 0.25) is 0 Å². The van der Waals surface area contributed by atoms with Gasteiger partial charge in [0.15, 0.2) is 11.8 Å². The van der Waals surface area contributed by atoms with E-state index in [1.807, 2.05) is 6.07 Å². The van der Waals surface area contributed by atoms with Crippen molar-refractivity contribution >= 4 is 11.0 Å². The molecule has 1 aliphatic heterocycles. The van der Waals surface area contributed by atoms with Gasteiger partial charge in [-0.3, -0.25) is 4.90 Å². The molecule has 2 heterocycles. The van der Waals surface area contributed by atoms with Crippen LogP contribution in [0.25, 0.3) is 22.2 Å². The summed E-state index contributed by atoms with van der Waals surface area (Å²) in [5.74, 6) is 0.287. The van der Waals surface area contributed by atoms with Gasteiger partial charge in [-0.1, -0.05) is 18.5 Å². The smallest absolute Gasteiger partial charge is 0.170 e. The Hall–Kier alpha value is -2.60. The lowest BCUT2D eigenvalue weighted by Gasteiger charge is -2.34. The largest absolute Gasteiger partial charge is 0.507 e. The summed E-state index contributed by atoms with van der Waals surface area (Å²) in [5, 5.41) is 15.2. The lowest BCUT2D eigenvalue weighted by Crippen LogP contribution is -2.42. The first-order valence-electron chi connectivity index (χ1n) is 9.44. The van der Waals surface area contributed by atoms with E-state index in [9.17, 15) is 9.50 Å². The van der Waals surface area contributed by atoms with Gasteiger partial charge in [-0.25, -0.2) is 4.39 Å². The molecule has 0 radical (unpaired) electrons. The van der Waals surface area contributed by atoms with Crippen LogP contribution in [0.4, 0.5) is 4.39 Å². The quantitative estimate of drug-likeness (QED) is 0.689. The Kier molecular flexibility index (Phi) is 4.99. The van der Waals surface area contributed by atoms with Gasteiger partial charge in [0.05, 0.1) is 5.39 Å². The number of likely N-dealkylation sites (tertiary alicyclic amines) is 1. The van der Waals surface area contributed by atoms with Crippen LogP contribution < -0.4 is 4.74 Å². The molecule has 3 aromatic rings. The minimum absolute atomic E-state index is 0.00593. The van der Waals surface area contributed by atoms with Crippen LogP contribution in [0.3, 0.4) is 0 Å². The number of aromatic nitrogens is 1. The summed E-state index contributed by atoms with van der Waals surface area (Å²) in [6.45, 7) is 4.20. The molecule has 1 atom stereocenters. The average molecular weight is 370 g/mol. The average Bonchev–Trinajstić information content (AvgIpc) is 3.09. The molecular formula is C21H23FN2O3. The van der Waals surface area contributed by atoms with Gasteiger partial charge in [0.1, 0.15) is 23.0 Å². The van der Waals surface area contributed by atoms with E-state index < -0.39 is 0 Å². The predicted molar refractivity (Wildman–Crippen MR) is 101 cm³/mol. The van der Waals surface area contributed by atoms with E-state index in [-0.39, 0.29) is 17.8 Å². The molecule has 1 aromatic heterocycles. The number of piperidine rings is 1. The Morgan fingerprint density at radius 3 is 2.74 bits per heavy atom. The van der Waals surface area contributed by atoms with Gasteiger partial charge < -0.3 is 14.4 Å². The third-order valence-corrected chi connectivity index (χ3v) is 5.08. The fourth-order valence-electron chi connectivity index (χ4n) is 3.67. The molecule has 0 spiro atoms. The summed E-state index contributed by atoms with van der Waals surface area (Å²) in [6, 6.07) is 9.42. The molecule has 1 saturated heterocycles. The van der Waals surface area contributed by atoms with E-state index >= 15 is 0 Å². The number of phenols is 1. The van der Waals surface area contributed by atoms with Crippen LogP contribution in [0, 0.1) is 5.82 Å². The van der Waals surface area contributed by atoms with Gasteiger partial charge in [-0.05, 0) is 43.5 Å². The number of ether oxygens (including phenoxy) is 1. The second kappa shape index (κ2) is 7.56. The van der Waals surface area contributed by atoms with Gasteiger partial charge in [0.25, 0.3) is 0 Å². The number of hydrogen-bond acceptors (Lipinski definition) is 5. The Morgan fingerprint density at radius 1 is 1.19 bits per heavy atom. The maximum absolute atomic E-state index is 13.3. The molecule has 0 aliphatic carbocycles. The lowest BCUT2D eigenvalue weighted by molar-refractivity contribution is 0.00972. The van der Waals surface area contributed by atoms with Crippen molar-refractivity contribution in [2.24, 2.45) is 0 Å². The van der Waals surface area contributed by atoms with Gasteiger partial charge >= 0.3 is 0 Å². The molecular weight excluding hydrogens is 347 g/mol. The lowest BCUT2D eigenvalue weighted by atomic mass is 10.1. The van der Waals surface area contributed by atoms with Gasteiger partial charge in [0.2, 0.25) is 0 Å². The Labute approximate surface area is 157 Å². The highest BCUT2D eigenvalue weighted by Gasteiger charge is 2.21. The monoisotopic (exact) mass is 370 g/mol. The second-order valence-corrected chi connectivity index (χ2v) is 6.93. The first-order chi connectivity index (χ1) is 13.2. The summed E-state index contributed by atoms with van der Waals surface area (Å²) in [6.07, 6.45) is 4.56. The van der Waals surface area contributed by atoms with E-state index in [1.54, 1.807) is 18.2 Å². The van der Waals surface area contributed by atoms with Crippen molar-refractivity contribution in [1.82, 2.24) is 10.1 Å². The van der Waals surface area contributed by atoms with Crippen LogP contribution >= 0.6 is 0 Å². The fraction of sp³-hybridized carbons (Fsp3) is 0.381. The molecule has 0 bridgehead atoms. The highest BCUT2D eigenvalue weighted by Crippen LogP contribution is 2.36. The summed E-state index contributed by atoms with van der Waals surface area (Å²) >= 11 is 0. The number of aromatic hydroxyl groups is 1. The molecule has 142 valence electrons. The van der Waals surface area contributed by atoms with Crippen LogP contribution in [0.15, 0.2) is 40.9 Å². The van der Waals surface area contributed by atoms with E-state index in [4.69, 9.17) is 9.26 Å².